The van der Waals surface area contributed by atoms with Gasteiger partial charge in [-0.15, -0.1) is 0 Å². The molecule has 118 valence electrons. The van der Waals surface area contributed by atoms with Crippen LogP contribution in [0.25, 0.3) is 10.8 Å². The Morgan fingerprint density at radius 1 is 1.22 bits per heavy atom. The molecule has 23 heavy (non-hydrogen) atoms. The number of carbonyl (C=O) groups excluding carboxylic acids is 1. The molecule has 0 fully saturated rings. The summed E-state index contributed by atoms with van der Waals surface area (Å²) in [5.41, 5.74) is 0. The predicted molar refractivity (Wildman–Crippen MR) is 86.2 cm³/mol. The number of ether oxygens (including phenoxy) is 1. The van der Waals surface area contributed by atoms with Crippen LogP contribution in [0.1, 0.15) is 13.3 Å². The molecule has 0 saturated heterocycles. The predicted octanol–water partition coefficient (Wildman–Crippen LogP) is 2.25. The highest BCUT2D eigenvalue weighted by Gasteiger charge is 2.10. The van der Waals surface area contributed by atoms with Crippen LogP contribution in [0.4, 0.5) is 5.95 Å². The summed E-state index contributed by atoms with van der Waals surface area (Å²) in [6.07, 6.45) is 0.876. The molecular formula is C16H17N5O2. The molecule has 2 aromatic carbocycles. The smallest absolute Gasteiger partial charge is 0.264 e. The average molecular weight is 311 g/mol. The van der Waals surface area contributed by atoms with Crippen LogP contribution in [-0.2, 0) is 11.3 Å². The number of anilines is 1. The van der Waals surface area contributed by atoms with Gasteiger partial charge in [-0.3, -0.25) is 10.1 Å². The lowest BCUT2D eigenvalue weighted by molar-refractivity contribution is -0.118. The molecule has 7 nitrogen and oxygen atoms in total. The summed E-state index contributed by atoms with van der Waals surface area (Å²) in [6.45, 7) is 2.56. The van der Waals surface area contributed by atoms with Crippen molar-refractivity contribution in [3.8, 4) is 5.75 Å². The molecule has 0 aliphatic heterocycles. The molecule has 0 aliphatic carbocycles. The number of hydrogen-bond donors (Lipinski definition) is 1. The summed E-state index contributed by atoms with van der Waals surface area (Å²) in [5, 5.41) is 16.0. The molecular weight excluding hydrogens is 294 g/mol. The van der Waals surface area contributed by atoms with Crippen LogP contribution in [0.15, 0.2) is 42.5 Å². The zero-order chi connectivity index (χ0) is 16.1. The van der Waals surface area contributed by atoms with Crippen molar-refractivity contribution in [2.45, 2.75) is 19.9 Å². The summed E-state index contributed by atoms with van der Waals surface area (Å²) in [6, 6.07) is 13.7. The van der Waals surface area contributed by atoms with Gasteiger partial charge in [0.25, 0.3) is 5.91 Å². The lowest BCUT2D eigenvalue weighted by Gasteiger charge is -2.08. The number of benzene rings is 2. The van der Waals surface area contributed by atoms with Crippen molar-refractivity contribution in [3.63, 3.8) is 0 Å². The van der Waals surface area contributed by atoms with Gasteiger partial charge >= 0.3 is 0 Å². The van der Waals surface area contributed by atoms with Crippen LogP contribution in [-0.4, -0.2) is 32.7 Å². The number of aromatic nitrogens is 4. The lowest BCUT2D eigenvalue weighted by atomic mass is 10.1. The standard InChI is InChI=1S/C16H17N5O2/c1-2-9-21-16(18-19-20-21)17-15(22)11-23-14-8-7-12-5-3-4-6-13(12)10-14/h3-8,10H,2,9,11H2,1H3,(H,17,18,20,22). The van der Waals surface area contributed by atoms with Crippen LogP contribution in [0.2, 0.25) is 0 Å². The van der Waals surface area contributed by atoms with Gasteiger partial charge in [-0.25, -0.2) is 4.68 Å². The van der Waals surface area contributed by atoms with E-state index in [2.05, 4.69) is 20.8 Å². The Hall–Kier alpha value is -2.96. The van der Waals surface area contributed by atoms with Gasteiger partial charge in [0.15, 0.2) is 6.61 Å². The number of rotatable bonds is 6. The van der Waals surface area contributed by atoms with E-state index in [9.17, 15) is 4.79 Å². The third-order valence-electron chi connectivity index (χ3n) is 3.31. The van der Waals surface area contributed by atoms with Gasteiger partial charge in [-0.1, -0.05) is 42.4 Å². The van der Waals surface area contributed by atoms with Gasteiger partial charge in [0.05, 0.1) is 0 Å². The minimum atomic E-state index is -0.301. The Balaban J connectivity index is 1.60. The normalized spacial score (nSPS) is 10.7. The Labute approximate surface area is 133 Å². The molecule has 7 heteroatoms. The summed E-state index contributed by atoms with van der Waals surface area (Å²) >= 11 is 0. The third-order valence-corrected chi connectivity index (χ3v) is 3.31. The van der Waals surface area contributed by atoms with Gasteiger partial charge < -0.3 is 4.74 Å². The molecule has 0 spiro atoms. The fourth-order valence-electron chi connectivity index (χ4n) is 2.22. The first-order valence-electron chi connectivity index (χ1n) is 7.44. The fourth-order valence-corrected chi connectivity index (χ4v) is 2.22. The molecule has 0 unspecified atom stereocenters. The SMILES string of the molecule is CCCn1nnnc1NC(=O)COc1ccc2ccccc2c1. The van der Waals surface area contributed by atoms with Crippen molar-refractivity contribution < 1.29 is 9.53 Å². The second kappa shape index (κ2) is 6.87. The van der Waals surface area contributed by atoms with E-state index in [-0.39, 0.29) is 12.5 Å². The maximum absolute atomic E-state index is 12.0. The first kappa shape index (κ1) is 15.0. The highest BCUT2D eigenvalue weighted by molar-refractivity contribution is 5.90. The average Bonchev–Trinajstić information content (AvgIpc) is 3.00. The largest absolute Gasteiger partial charge is 0.484 e. The molecule has 0 bridgehead atoms. The van der Waals surface area contributed by atoms with Crippen molar-refractivity contribution in [1.29, 1.82) is 0 Å². The Bertz CT molecular complexity index is 815. The monoisotopic (exact) mass is 311 g/mol. The van der Waals surface area contributed by atoms with Crippen molar-refractivity contribution in [3.05, 3.63) is 42.5 Å². The number of carbonyl (C=O) groups is 1. The maximum Gasteiger partial charge on any atom is 0.264 e. The van der Waals surface area contributed by atoms with Crippen molar-refractivity contribution in [2.75, 3.05) is 11.9 Å². The molecule has 0 atom stereocenters. The van der Waals surface area contributed by atoms with Crippen LogP contribution in [0.3, 0.4) is 0 Å². The summed E-state index contributed by atoms with van der Waals surface area (Å²) in [4.78, 5) is 12.0. The van der Waals surface area contributed by atoms with Crippen LogP contribution in [0, 0.1) is 0 Å². The van der Waals surface area contributed by atoms with E-state index in [0.717, 1.165) is 17.2 Å². The zero-order valence-corrected chi connectivity index (χ0v) is 12.8. The van der Waals surface area contributed by atoms with E-state index in [4.69, 9.17) is 4.74 Å². The Morgan fingerprint density at radius 2 is 2.04 bits per heavy atom. The molecule has 1 aromatic heterocycles. The second-order valence-electron chi connectivity index (χ2n) is 5.07. The van der Waals surface area contributed by atoms with Crippen molar-refractivity contribution in [1.82, 2.24) is 20.2 Å². The number of hydrogen-bond acceptors (Lipinski definition) is 5. The van der Waals surface area contributed by atoms with E-state index in [0.29, 0.717) is 18.2 Å². The Morgan fingerprint density at radius 3 is 2.87 bits per heavy atom. The molecule has 1 N–H and O–H groups in total. The van der Waals surface area contributed by atoms with Gasteiger partial charge in [-0.05, 0) is 39.8 Å². The highest BCUT2D eigenvalue weighted by atomic mass is 16.5. The zero-order valence-electron chi connectivity index (χ0n) is 12.8. The van der Waals surface area contributed by atoms with Crippen LogP contribution >= 0.6 is 0 Å². The van der Waals surface area contributed by atoms with E-state index < -0.39 is 0 Å². The fraction of sp³-hybridized carbons (Fsp3) is 0.250. The highest BCUT2D eigenvalue weighted by Crippen LogP contribution is 2.20. The number of aryl methyl sites for hydroxylation is 1. The minimum Gasteiger partial charge on any atom is -0.484 e. The molecule has 0 aliphatic rings. The van der Waals surface area contributed by atoms with E-state index in [1.165, 1.54) is 0 Å². The van der Waals surface area contributed by atoms with Gasteiger partial charge in [-0.2, -0.15) is 0 Å². The molecule has 0 radical (unpaired) electrons. The van der Waals surface area contributed by atoms with Crippen molar-refractivity contribution in [2.24, 2.45) is 0 Å². The summed E-state index contributed by atoms with van der Waals surface area (Å²) < 4.78 is 7.08. The molecule has 3 aromatic rings. The number of nitrogens with zero attached hydrogens (tertiary/aromatic N) is 4. The van der Waals surface area contributed by atoms with E-state index in [1.54, 1.807) is 4.68 Å². The first-order chi connectivity index (χ1) is 11.3. The van der Waals surface area contributed by atoms with Crippen LogP contribution < -0.4 is 10.1 Å². The van der Waals surface area contributed by atoms with E-state index in [1.807, 2.05) is 49.4 Å². The Kier molecular flexibility index (Phi) is 4.46. The molecule has 0 saturated carbocycles. The molecule has 1 heterocycles. The lowest BCUT2D eigenvalue weighted by Crippen LogP contribution is -2.22. The van der Waals surface area contributed by atoms with Crippen LogP contribution in [0.5, 0.6) is 5.75 Å². The number of fused-ring (bicyclic) bond motifs is 1. The number of tetrazole rings is 1. The minimum absolute atomic E-state index is 0.0999. The second-order valence-corrected chi connectivity index (χ2v) is 5.07. The number of nitrogens with one attached hydrogen (secondary N) is 1. The van der Waals surface area contributed by atoms with Gasteiger partial charge in [0.2, 0.25) is 5.95 Å². The number of amides is 1. The topological polar surface area (TPSA) is 81.9 Å². The van der Waals surface area contributed by atoms with E-state index >= 15 is 0 Å². The quantitative estimate of drug-likeness (QED) is 0.755. The first-order valence-corrected chi connectivity index (χ1v) is 7.44. The molecule has 1 amide bonds. The summed E-state index contributed by atoms with van der Waals surface area (Å²) in [5.74, 6) is 0.677. The van der Waals surface area contributed by atoms with Crippen molar-refractivity contribution >= 4 is 22.6 Å². The van der Waals surface area contributed by atoms with Gasteiger partial charge in [0, 0.05) is 6.54 Å². The molecule has 3 rings (SSSR count). The maximum atomic E-state index is 12.0. The summed E-state index contributed by atoms with van der Waals surface area (Å²) in [7, 11) is 0. The van der Waals surface area contributed by atoms with Gasteiger partial charge in [0.1, 0.15) is 5.75 Å². The third kappa shape index (κ3) is 3.63.